The molecule has 0 spiro atoms. The maximum absolute atomic E-state index is 13.3. The Balaban J connectivity index is 0.00000126. The number of benzene rings is 2. The van der Waals surface area contributed by atoms with E-state index in [1.807, 2.05) is 13.8 Å². The van der Waals surface area contributed by atoms with E-state index in [4.69, 9.17) is 27.9 Å². The Morgan fingerprint density at radius 2 is 1.85 bits per heavy atom. The van der Waals surface area contributed by atoms with E-state index in [0.29, 0.717) is 23.9 Å². The molecule has 2 aromatic carbocycles. The Labute approximate surface area is 173 Å². The molecule has 1 fully saturated rings. The van der Waals surface area contributed by atoms with Crippen molar-refractivity contribution in [1.29, 1.82) is 0 Å². The van der Waals surface area contributed by atoms with E-state index in [-0.39, 0.29) is 10.6 Å². The van der Waals surface area contributed by atoms with Gasteiger partial charge in [0.05, 0.1) is 28.8 Å². The van der Waals surface area contributed by atoms with Crippen LogP contribution in [0, 0.1) is 5.82 Å². The first-order chi connectivity index (χ1) is 13.0. The Hall–Kier alpha value is -1.31. The zero-order valence-corrected chi connectivity index (χ0v) is 17.4. The summed E-state index contributed by atoms with van der Waals surface area (Å²) < 4.78 is 20.7. The lowest BCUT2D eigenvalue weighted by molar-refractivity contribution is 0.0773. The lowest BCUT2D eigenvalue weighted by Crippen LogP contribution is -2.30. The summed E-state index contributed by atoms with van der Waals surface area (Å²) in [5, 5.41) is 3.36. The molecule has 1 N–H and O–H groups in total. The third-order valence-electron chi connectivity index (χ3n) is 3.55. The van der Waals surface area contributed by atoms with Crippen molar-refractivity contribution in [2.24, 2.45) is 0 Å². The van der Waals surface area contributed by atoms with Gasteiger partial charge in [-0.15, -0.1) is 0 Å². The number of nitrogens with one attached hydrogen (secondary N) is 1. The predicted octanol–water partition coefficient (Wildman–Crippen LogP) is 5.75. The van der Waals surface area contributed by atoms with E-state index in [0.717, 1.165) is 18.0 Å². The van der Waals surface area contributed by atoms with Crippen molar-refractivity contribution in [2.75, 3.05) is 31.6 Å². The molecule has 1 aliphatic heterocycles. The molecule has 0 radical (unpaired) electrons. The van der Waals surface area contributed by atoms with Crippen LogP contribution < -0.4 is 5.32 Å². The van der Waals surface area contributed by atoms with Gasteiger partial charge < -0.3 is 10.1 Å². The van der Waals surface area contributed by atoms with Crippen LogP contribution in [0.25, 0.3) is 0 Å². The average molecular weight is 431 g/mol. The van der Waals surface area contributed by atoms with E-state index in [1.54, 1.807) is 18.2 Å². The molecule has 146 valence electrons. The summed E-state index contributed by atoms with van der Waals surface area (Å²) >= 11 is 13.9. The van der Waals surface area contributed by atoms with Gasteiger partial charge in [0.15, 0.2) is 0 Å². The van der Waals surface area contributed by atoms with Crippen molar-refractivity contribution in [3.05, 3.63) is 57.8 Å². The Bertz CT molecular complexity index is 786. The highest BCUT2D eigenvalue weighted by molar-refractivity contribution is 7.97. The van der Waals surface area contributed by atoms with Gasteiger partial charge in [0.2, 0.25) is 0 Å². The summed E-state index contributed by atoms with van der Waals surface area (Å²) in [5.41, 5.74) is 0.643. The number of halogens is 3. The van der Waals surface area contributed by atoms with Crippen LogP contribution >= 0.6 is 35.1 Å². The lowest BCUT2D eigenvalue weighted by atomic mass is 10.2. The predicted molar refractivity (Wildman–Crippen MR) is 110 cm³/mol. The lowest BCUT2D eigenvalue weighted by Gasteiger charge is -2.25. The molecule has 0 atom stereocenters. The first-order valence-electron chi connectivity index (χ1n) is 8.59. The van der Waals surface area contributed by atoms with Crippen molar-refractivity contribution in [2.45, 2.75) is 18.7 Å². The number of ether oxygens (including phenoxy) is 1. The summed E-state index contributed by atoms with van der Waals surface area (Å²) in [7, 11) is 0. The second-order valence-electron chi connectivity index (χ2n) is 5.36. The van der Waals surface area contributed by atoms with Crippen molar-refractivity contribution in [3.8, 4) is 0 Å². The van der Waals surface area contributed by atoms with Gasteiger partial charge in [-0.3, -0.25) is 4.79 Å². The standard InChI is InChI=1S/C17H15Cl2FN2O2S.C2H6/c18-14-10-15(19)16(25-22-4-6-24-7-5-22)9-13(14)17(23)21-12-3-1-2-11(20)8-12;1-2/h1-3,8-10H,4-7H2,(H,21,23);1-2H3. The van der Waals surface area contributed by atoms with Crippen LogP contribution in [0.15, 0.2) is 41.3 Å². The second kappa shape index (κ2) is 10.9. The van der Waals surface area contributed by atoms with E-state index in [1.165, 1.54) is 30.1 Å². The number of amides is 1. The number of carbonyl (C=O) groups excluding carboxylic acids is 1. The number of hydrogen-bond acceptors (Lipinski definition) is 4. The number of hydrogen-bond donors (Lipinski definition) is 1. The van der Waals surface area contributed by atoms with Crippen LogP contribution in [0.5, 0.6) is 0 Å². The highest BCUT2D eigenvalue weighted by Gasteiger charge is 2.18. The summed E-state index contributed by atoms with van der Waals surface area (Å²) in [6.07, 6.45) is 0. The van der Waals surface area contributed by atoms with Crippen molar-refractivity contribution < 1.29 is 13.9 Å². The van der Waals surface area contributed by atoms with Crippen LogP contribution in [0.3, 0.4) is 0 Å². The van der Waals surface area contributed by atoms with Gasteiger partial charge >= 0.3 is 0 Å². The molecule has 0 aromatic heterocycles. The monoisotopic (exact) mass is 430 g/mol. The third kappa shape index (κ3) is 6.36. The minimum Gasteiger partial charge on any atom is -0.379 e. The molecule has 0 saturated carbocycles. The van der Waals surface area contributed by atoms with Crippen LogP contribution in [-0.4, -0.2) is 36.5 Å². The highest BCUT2D eigenvalue weighted by Crippen LogP contribution is 2.34. The molecule has 3 rings (SSSR count). The van der Waals surface area contributed by atoms with E-state index in [2.05, 4.69) is 9.62 Å². The zero-order valence-electron chi connectivity index (χ0n) is 15.1. The zero-order chi connectivity index (χ0) is 19.8. The van der Waals surface area contributed by atoms with Gasteiger partial charge in [0, 0.05) is 23.7 Å². The minimum absolute atomic E-state index is 0.241. The molecule has 1 heterocycles. The van der Waals surface area contributed by atoms with Crippen LogP contribution in [0.1, 0.15) is 24.2 Å². The van der Waals surface area contributed by atoms with Gasteiger partial charge in [-0.25, -0.2) is 8.70 Å². The third-order valence-corrected chi connectivity index (χ3v) is 5.44. The molecule has 1 aliphatic rings. The van der Waals surface area contributed by atoms with E-state index < -0.39 is 11.7 Å². The number of rotatable bonds is 4. The summed E-state index contributed by atoms with van der Waals surface area (Å²) in [6.45, 7) is 6.86. The fourth-order valence-corrected chi connectivity index (χ4v) is 3.81. The molecular formula is C19H21Cl2FN2O2S. The molecule has 1 saturated heterocycles. The van der Waals surface area contributed by atoms with Gasteiger partial charge in [0.1, 0.15) is 5.82 Å². The van der Waals surface area contributed by atoms with Gasteiger partial charge in [0.25, 0.3) is 5.91 Å². The quantitative estimate of drug-likeness (QED) is 0.626. The molecule has 0 bridgehead atoms. The number of carbonyl (C=O) groups is 1. The Kier molecular flexibility index (Phi) is 8.86. The van der Waals surface area contributed by atoms with Crippen LogP contribution in [0.2, 0.25) is 10.0 Å². The molecule has 8 heteroatoms. The first kappa shape index (κ1) is 22.0. The molecule has 4 nitrogen and oxygen atoms in total. The Morgan fingerprint density at radius 3 is 2.52 bits per heavy atom. The number of morpholine rings is 1. The Morgan fingerprint density at radius 1 is 1.15 bits per heavy atom. The molecule has 0 aliphatic carbocycles. The summed E-state index contributed by atoms with van der Waals surface area (Å²) in [4.78, 5) is 13.2. The molecule has 1 amide bonds. The first-order valence-corrected chi connectivity index (χ1v) is 10.1. The van der Waals surface area contributed by atoms with Gasteiger partial charge in [-0.05, 0) is 42.3 Å². The van der Waals surface area contributed by atoms with E-state index in [9.17, 15) is 9.18 Å². The van der Waals surface area contributed by atoms with Crippen LogP contribution in [-0.2, 0) is 4.74 Å². The summed E-state index contributed by atoms with van der Waals surface area (Å²) in [5.74, 6) is -0.848. The number of nitrogens with zero attached hydrogens (tertiary/aromatic N) is 1. The fourth-order valence-electron chi connectivity index (χ4n) is 2.31. The SMILES string of the molecule is CC.O=C(Nc1cccc(F)c1)c1cc(SN2CCOCC2)c(Cl)cc1Cl. The van der Waals surface area contributed by atoms with Gasteiger partial charge in [-0.2, -0.15) is 0 Å². The molecular weight excluding hydrogens is 410 g/mol. The minimum atomic E-state index is -0.427. The average Bonchev–Trinajstić information content (AvgIpc) is 2.66. The van der Waals surface area contributed by atoms with E-state index >= 15 is 0 Å². The normalized spacial score (nSPS) is 14.3. The second-order valence-corrected chi connectivity index (χ2v) is 7.31. The van der Waals surface area contributed by atoms with Crippen molar-refractivity contribution in [1.82, 2.24) is 4.31 Å². The molecule has 27 heavy (non-hydrogen) atoms. The molecule has 0 unspecified atom stereocenters. The highest BCUT2D eigenvalue weighted by atomic mass is 35.5. The van der Waals surface area contributed by atoms with Crippen molar-refractivity contribution in [3.63, 3.8) is 0 Å². The summed E-state index contributed by atoms with van der Waals surface area (Å²) in [6, 6.07) is 8.88. The fraction of sp³-hybridized carbons (Fsp3) is 0.316. The molecule has 2 aromatic rings. The van der Waals surface area contributed by atoms with Crippen molar-refractivity contribution >= 4 is 46.7 Å². The maximum atomic E-state index is 13.3. The number of anilines is 1. The largest absolute Gasteiger partial charge is 0.379 e. The topological polar surface area (TPSA) is 41.6 Å². The maximum Gasteiger partial charge on any atom is 0.257 e. The van der Waals surface area contributed by atoms with Gasteiger partial charge in [-0.1, -0.05) is 43.1 Å². The van der Waals surface area contributed by atoms with Crippen LogP contribution in [0.4, 0.5) is 10.1 Å². The smallest absolute Gasteiger partial charge is 0.257 e.